The van der Waals surface area contributed by atoms with E-state index in [1.807, 2.05) is 24.4 Å². The number of β-amino-alcohol motifs (C(OH)–C–C–N with tert-alkyl or cyclic N) is 1. The number of rotatable bonds is 6. The molecule has 0 saturated carbocycles. The Bertz CT molecular complexity index is 920. The van der Waals surface area contributed by atoms with Gasteiger partial charge in [0.2, 0.25) is 0 Å². The zero-order valence-electron chi connectivity index (χ0n) is 16.2. The molecule has 0 aliphatic carbocycles. The average Bonchev–Trinajstić information content (AvgIpc) is 3.19. The number of pyridine rings is 1. The highest BCUT2D eigenvalue weighted by atomic mass is 16.3. The monoisotopic (exact) mass is 364 g/mol. The van der Waals surface area contributed by atoms with Gasteiger partial charge in [-0.05, 0) is 31.9 Å². The number of aliphatic hydroxyl groups is 1. The zero-order valence-corrected chi connectivity index (χ0v) is 16.2. The van der Waals surface area contributed by atoms with Gasteiger partial charge in [0.25, 0.3) is 0 Å². The molecule has 5 nitrogen and oxygen atoms in total. The highest BCUT2D eigenvalue weighted by molar-refractivity contribution is 5.78. The third-order valence-corrected chi connectivity index (χ3v) is 5.64. The molecule has 0 amide bonds. The maximum Gasteiger partial charge on any atom is 0.0711 e. The van der Waals surface area contributed by atoms with E-state index >= 15 is 0 Å². The van der Waals surface area contributed by atoms with Crippen molar-refractivity contribution in [2.75, 3.05) is 13.1 Å². The van der Waals surface area contributed by atoms with Crippen molar-refractivity contribution < 1.29 is 5.11 Å². The van der Waals surface area contributed by atoms with Crippen LogP contribution in [0.3, 0.4) is 0 Å². The van der Waals surface area contributed by atoms with Gasteiger partial charge in [-0.1, -0.05) is 31.2 Å². The summed E-state index contributed by atoms with van der Waals surface area (Å²) in [7, 11) is 0. The standard InChI is InChI=1S/C22H28N4O/c1-3-10-26-16(2)19(12-23-26)14-25-13-18(22(27)15-25)11-20-9-8-17-6-4-5-7-21(17)24-20/h4-9,12,18,22,27H,3,10-11,13-15H2,1-2H3/t18-,22-/m1/s1. The number of nitrogens with zero attached hydrogens (tertiary/aromatic N) is 4. The average molecular weight is 364 g/mol. The van der Waals surface area contributed by atoms with E-state index in [0.717, 1.165) is 55.6 Å². The minimum absolute atomic E-state index is 0.227. The van der Waals surface area contributed by atoms with Crippen molar-refractivity contribution in [3.05, 3.63) is 59.5 Å². The number of aromatic nitrogens is 3. The quantitative estimate of drug-likeness (QED) is 0.730. The molecule has 0 spiro atoms. The molecule has 3 heterocycles. The summed E-state index contributed by atoms with van der Waals surface area (Å²) in [6.07, 6.45) is 3.58. The molecule has 0 radical (unpaired) electrons. The van der Waals surface area contributed by atoms with Crippen molar-refractivity contribution in [2.24, 2.45) is 5.92 Å². The summed E-state index contributed by atoms with van der Waals surface area (Å²) < 4.78 is 2.08. The van der Waals surface area contributed by atoms with E-state index in [1.54, 1.807) is 0 Å². The van der Waals surface area contributed by atoms with Crippen molar-refractivity contribution in [1.29, 1.82) is 0 Å². The summed E-state index contributed by atoms with van der Waals surface area (Å²) in [6.45, 7) is 7.74. The smallest absolute Gasteiger partial charge is 0.0711 e. The van der Waals surface area contributed by atoms with Gasteiger partial charge in [0.05, 0.1) is 17.8 Å². The molecule has 1 saturated heterocycles. The van der Waals surface area contributed by atoms with Crippen molar-refractivity contribution in [2.45, 2.75) is 45.9 Å². The van der Waals surface area contributed by atoms with Gasteiger partial charge in [-0.2, -0.15) is 5.10 Å². The highest BCUT2D eigenvalue weighted by Crippen LogP contribution is 2.24. The Morgan fingerprint density at radius 2 is 2.00 bits per heavy atom. The molecule has 2 atom stereocenters. The van der Waals surface area contributed by atoms with Crippen LogP contribution in [0, 0.1) is 12.8 Å². The second kappa shape index (κ2) is 7.79. The Kier molecular flexibility index (Phi) is 5.23. The number of likely N-dealkylation sites (tertiary alicyclic amines) is 1. The first-order valence-corrected chi connectivity index (χ1v) is 9.90. The molecule has 1 aliphatic rings. The maximum absolute atomic E-state index is 10.6. The second-order valence-corrected chi connectivity index (χ2v) is 7.70. The molecule has 1 N–H and O–H groups in total. The number of aliphatic hydroxyl groups excluding tert-OH is 1. The van der Waals surface area contributed by atoms with Crippen LogP contribution < -0.4 is 0 Å². The Morgan fingerprint density at radius 3 is 2.85 bits per heavy atom. The molecule has 2 aromatic heterocycles. The molecular weight excluding hydrogens is 336 g/mol. The third kappa shape index (κ3) is 3.89. The van der Waals surface area contributed by atoms with Gasteiger partial charge in [-0.15, -0.1) is 0 Å². The zero-order chi connectivity index (χ0) is 18.8. The second-order valence-electron chi connectivity index (χ2n) is 7.70. The van der Waals surface area contributed by atoms with Crippen LogP contribution in [-0.4, -0.2) is 44.0 Å². The van der Waals surface area contributed by atoms with E-state index in [4.69, 9.17) is 4.98 Å². The number of aryl methyl sites for hydroxylation is 1. The summed E-state index contributed by atoms with van der Waals surface area (Å²) in [5.41, 5.74) is 4.59. The lowest BCUT2D eigenvalue weighted by Gasteiger charge is -2.15. The molecule has 3 aromatic rings. The number of para-hydroxylation sites is 1. The normalized spacial score (nSPS) is 20.6. The predicted octanol–water partition coefficient (Wildman–Crippen LogP) is 3.19. The topological polar surface area (TPSA) is 54.2 Å². The number of benzene rings is 1. The lowest BCUT2D eigenvalue weighted by Crippen LogP contribution is -2.21. The van der Waals surface area contributed by atoms with Crippen molar-refractivity contribution >= 4 is 10.9 Å². The van der Waals surface area contributed by atoms with Crippen LogP contribution in [0.1, 0.15) is 30.3 Å². The van der Waals surface area contributed by atoms with Crippen molar-refractivity contribution in [3.63, 3.8) is 0 Å². The molecule has 0 bridgehead atoms. The predicted molar refractivity (Wildman–Crippen MR) is 107 cm³/mol. The van der Waals surface area contributed by atoms with Crippen LogP contribution >= 0.6 is 0 Å². The fraction of sp³-hybridized carbons (Fsp3) is 0.455. The van der Waals surface area contributed by atoms with Crippen LogP contribution in [0.25, 0.3) is 10.9 Å². The van der Waals surface area contributed by atoms with E-state index in [9.17, 15) is 5.11 Å². The molecular formula is C22H28N4O. The third-order valence-electron chi connectivity index (χ3n) is 5.64. The first-order valence-electron chi connectivity index (χ1n) is 9.90. The number of hydrogen-bond donors (Lipinski definition) is 1. The first-order chi connectivity index (χ1) is 13.1. The van der Waals surface area contributed by atoms with Crippen LogP contribution in [-0.2, 0) is 19.5 Å². The molecule has 1 aromatic carbocycles. The fourth-order valence-corrected chi connectivity index (χ4v) is 4.08. The van der Waals surface area contributed by atoms with Crippen molar-refractivity contribution in [3.8, 4) is 0 Å². The fourth-order valence-electron chi connectivity index (χ4n) is 4.08. The van der Waals surface area contributed by atoms with Crippen LogP contribution in [0.15, 0.2) is 42.6 Å². The minimum atomic E-state index is -0.302. The number of fused-ring (bicyclic) bond motifs is 1. The Balaban J connectivity index is 1.42. The largest absolute Gasteiger partial charge is 0.391 e. The number of hydrogen-bond acceptors (Lipinski definition) is 4. The van der Waals surface area contributed by atoms with Crippen LogP contribution in [0.2, 0.25) is 0 Å². The highest BCUT2D eigenvalue weighted by Gasteiger charge is 2.32. The summed E-state index contributed by atoms with van der Waals surface area (Å²) in [5, 5.41) is 16.2. The maximum atomic E-state index is 10.6. The Morgan fingerprint density at radius 1 is 1.15 bits per heavy atom. The van der Waals surface area contributed by atoms with E-state index in [1.165, 1.54) is 11.3 Å². The van der Waals surface area contributed by atoms with Crippen LogP contribution in [0.4, 0.5) is 0 Å². The summed E-state index contributed by atoms with van der Waals surface area (Å²) in [6, 6.07) is 12.4. The molecule has 1 fully saturated rings. The molecule has 1 aliphatic heterocycles. The van der Waals surface area contributed by atoms with Crippen LogP contribution in [0.5, 0.6) is 0 Å². The molecule has 5 heteroatoms. The van der Waals surface area contributed by atoms with E-state index in [-0.39, 0.29) is 12.0 Å². The Hall–Kier alpha value is -2.24. The van der Waals surface area contributed by atoms with Gasteiger partial charge >= 0.3 is 0 Å². The van der Waals surface area contributed by atoms with Gasteiger partial charge < -0.3 is 5.11 Å². The van der Waals surface area contributed by atoms with Gasteiger partial charge in [0.15, 0.2) is 0 Å². The Labute approximate surface area is 160 Å². The molecule has 27 heavy (non-hydrogen) atoms. The summed E-state index contributed by atoms with van der Waals surface area (Å²) >= 11 is 0. The molecule has 4 rings (SSSR count). The van der Waals surface area contributed by atoms with E-state index in [0.29, 0.717) is 0 Å². The van der Waals surface area contributed by atoms with Gasteiger partial charge in [0, 0.05) is 54.4 Å². The summed E-state index contributed by atoms with van der Waals surface area (Å²) in [5.74, 6) is 0.227. The van der Waals surface area contributed by atoms with E-state index in [2.05, 4.69) is 46.7 Å². The van der Waals surface area contributed by atoms with Gasteiger partial charge in [0.1, 0.15) is 0 Å². The molecule has 0 unspecified atom stereocenters. The van der Waals surface area contributed by atoms with Gasteiger partial charge in [-0.25, -0.2) is 0 Å². The van der Waals surface area contributed by atoms with Crippen molar-refractivity contribution in [1.82, 2.24) is 19.7 Å². The SMILES string of the molecule is CCCn1ncc(CN2C[C@@H](Cc3ccc4ccccc4n3)[C@H](O)C2)c1C. The van der Waals surface area contributed by atoms with E-state index < -0.39 is 0 Å². The minimum Gasteiger partial charge on any atom is -0.391 e. The first kappa shape index (κ1) is 18.1. The summed E-state index contributed by atoms with van der Waals surface area (Å²) in [4.78, 5) is 7.12. The lowest BCUT2D eigenvalue weighted by atomic mass is 9.99. The van der Waals surface area contributed by atoms with Gasteiger partial charge in [-0.3, -0.25) is 14.6 Å². The molecule has 142 valence electrons. The lowest BCUT2D eigenvalue weighted by molar-refractivity contribution is 0.140.